The van der Waals surface area contributed by atoms with Crippen molar-refractivity contribution in [1.82, 2.24) is 9.88 Å². The van der Waals surface area contributed by atoms with Crippen molar-refractivity contribution >= 4 is 5.82 Å². The van der Waals surface area contributed by atoms with Crippen LogP contribution in [0.25, 0.3) is 0 Å². The molecule has 2 rings (SSSR count). The van der Waals surface area contributed by atoms with Gasteiger partial charge in [-0.25, -0.2) is 4.98 Å². The van der Waals surface area contributed by atoms with E-state index in [1.54, 1.807) is 6.20 Å². The molecule has 88 valence electrons. The summed E-state index contributed by atoms with van der Waals surface area (Å²) in [5.74, 6) is 0.642. The molecule has 4 nitrogen and oxygen atoms in total. The van der Waals surface area contributed by atoms with Crippen LogP contribution in [0.5, 0.6) is 0 Å². The summed E-state index contributed by atoms with van der Waals surface area (Å²) in [7, 11) is 0. The standard InChI is InChI=1S/C12H19N3O/c1-2-11-9-16-7-6-15(11)8-10-4-3-5-14-12(10)13/h3-5,11H,2,6-9H2,1H3,(H2,13,14). The number of aromatic nitrogens is 1. The van der Waals surface area contributed by atoms with Crippen LogP contribution >= 0.6 is 0 Å². The molecule has 1 aliphatic rings. The normalized spacial score (nSPS) is 22.2. The Kier molecular flexibility index (Phi) is 3.74. The van der Waals surface area contributed by atoms with Crippen molar-refractivity contribution in [3.8, 4) is 0 Å². The zero-order valence-electron chi connectivity index (χ0n) is 9.72. The lowest BCUT2D eigenvalue weighted by Crippen LogP contribution is -2.44. The van der Waals surface area contributed by atoms with Crippen LogP contribution in [0.15, 0.2) is 18.3 Å². The molecule has 0 aromatic carbocycles. The van der Waals surface area contributed by atoms with Gasteiger partial charge in [0.1, 0.15) is 5.82 Å². The molecule has 1 saturated heterocycles. The maximum atomic E-state index is 5.86. The van der Waals surface area contributed by atoms with Gasteiger partial charge in [-0.05, 0) is 12.5 Å². The zero-order chi connectivity index (χ0) is 11.4. The summed E-state index contributed by atoms with van der Waals surface area (Å²) in [4.78, 5) is 6.54. The smallest absolute Gasteiger partial charge is 0.127 e. The second-order valence-electron chi connectivity index (χ2n) is 4.16. The van der Waals surface area contributed by atoms with Gasteiger partial charge in [0, 0.05) is 30.9 Å². The van der Waals surface area contributed by atoms with Gasteiger partial charge in [-0.3, -0.25) is 4.90 Å². The van der Waals surface area contributed by atoms with Crippen LogP contribution in [0.3, 0.4) is 0 Å². The highest BCUT2D eigenvalue weighted by molar-refractivity contribution is 5.38. The van der Waals surface area contributed by atoms with Gasteiger partial charge in [0.25, 0.3) is 0 Å². The molecule has 0 saturated carbocycles. The van der Waals surface area contributed by atoms with Crippen molar-refractivity contribution in [2.24, 2.45) is 0 Å². The van der Waals surface area contributed by atoms with Gasteiger partial charge >= 0.3 is 0 Å². The number of anilines is 1. The van der Waals surface area contributed by atoms with Gasteiger partial charge in [-0.2, -0.15) is 0 Å². The Hall–Kier alpha value is -1.13. The Morgan fingerprint density at radius 3 is 3.25 bits per heavy atom. The predicted molar refractivity (Wildman–Crippen MR) is 64.0 cm³/mol. The van der Waals surface area contributed by atoms with E-state index in [1.807, 2.05) is 12.1 Å². The number of hydrogen-bond donors (Lipinski definition) is 1. The molecule has 2 heterocycles. The van der Waals surface area contributed by atoms with E-state index >= 15 is 0 Å². The quantitative estimate of drug-likeness (QED) is 0.835. The Morgan fingerprint density at radius 1 is 1.62 bits per heavy atom. The number of nitrogens with two attached hydrogens (primary N) is 1. The fourth-order valence-electron chi connectivity index (χ4n) is 2.08. The number of rotatable bonds is 3. The lowest BCUT2D eigenvalue weighted by atomic mass is 10.1. The van der Waals surface area contributed by atoms with Crippen LogP contribution in [0, 0.1) is 0 Å². The number of hydrogen-bond acceptors (Lipinski definition) is 4. The molecule has 0 spiro atoms. The molecule has 1 unspecified atom stereocenters. The third kappa shape index (κ3) is 2.51. The topological polar surface area (TPSA) is 51.4 Å². The van der Waals surface area contributed by atoms with Gasteiger partial charge in [-0.15, -0.1) is 0 Å². The van der Waals surface area contributed by atoms with Crippen molar-refractivity contribution in [1.29, 1.82) is 0 Å². The number of ether oxygens (including phenoxy) is 1. The Labute approximate surface area is 96.4 Å². The average Bonchev–Trinajstić information content (AvgIpc) is 2.33. The number of pyridine rings is 1. The molecule has 0 amide bonds. The molecule has 2 N–H and O–H groups in total. The van der Waals surface area contributed by atoms with Crippen molar-refractivity contribution in [3.63, 3.8) is 0 Å². The van der Waals surface area contributed by atoms with Crippen LogP contribution in [-0.4, -0.2) is 35.7 Å². The highest BCUT2D eigenvalue weighted by atomic mass is 16.5. The van der Waals surface area contributed by atoms with E-state index in [0.717, 1.165) is 38.3 Å². The maximum absolute atomic E-state index is 5.86. The number of nitrogens with zero attached hydrogens (tertiary/aromatic N) is 2. The second-order valence-corrected chi connectivity index (χ2v) is 4.16. The van der Waals surface area contributed by atoms with E-state index in [9.17, 15) is 0 Å². The monoisotopic (exact) mass is 221 g/mol. The predicted octanol–water partition coefficient (Wildman–Crippen LogP) is 1.27. The number of nitrogen functional groups attached to an aromatic ring is 1. The highest BCUT2D eigenvalue weighted by Gasteiger charge is 2.21. The van der Waals surface area contributed by atoms with Crippen LogP contribution < -0.4 is 5.73 Å². The molecule has 16 heavy (non-hydrogen) atoms. The average molecular weight is 221 g/mol. The summed E-state index contributed by atoms with van der Waals surface area (Å²) < 4.78 is 5.48. The molecule has 1 fully saturated rings. The lowest BCUT2D eigenvalue weighted by Gasteiger charge is -2.35. The minimum Gasteiger partial charge on any atom is -0.383 e. The molecule has 0 aliphatic carbocycles. The summed E-state index contributed by atoms with van der Waals surface area (Å²) in [5, 5.41) is 0. The molecular weight excluding hydrogens is 202 g/mol. The largest absolute Gasteiger partial charge is 0.383 e. The van der Waals surface area contributed by atoms with E-state index in [-0.39, 0.29) is 0 Å². The molecule has 1 aliphatic heterocycles. The van der Waals surface area contributed by atoms with Crippen LogP contribution in [0.1, 0.15) is 18.9 Å². The minimum absolute atomic E-state index is 0.508. The lowest BCUT2D eigenvalue weighted by molar-refractivity contribution is -0.0126. The van der Waals surface area contributed by atoms with Gasteiger partial charge in [0.05, 0.1) is 13.2 Å². The zero-order valence-corrected chi connectivity index (χ0v) is 9.72. The third-order valence-corrected chi connectivity index (χ3v) is 3.12. The van der Waals surface area contributed by atoms with Crippen molar-refractivity contribution in [2.75, 3.05) is 25.5 Å². The third-order valence-electron chi connectivity index (χ3n) is 3.12. The van der Waals surface area contributed by atoms with E-state index in [2.05, 4.69) is 16.8 Å². The second kappa shape index (κ2) is 5.27. The SMILES string of the molecule is CCC1COCCN1Cc1cccnc1N. The Morgan fingerprint density at radius 2 is 2.50 bits per heavy atom. The summed E-state index contributed by atoms with van der Waals surface area (Å²) >= 11 is 0. The Balaban J connectivity index is 2.05. The molecule has 1 atom stereocenters. The van der Waals surface area contributed by atoms with Crippen molar-refractivity contribution in [2.45, 2.75) is 25.9 Å². The molecule has 1 aromatic heterocycles. The highest BCUT2D eigenvalue weighted by Crippen LogP contribution is 2.16. The fourth-order valence-corrected chi connectivity index (χ4v) is 2.08. The van der Waals surface area contributed by atoms with Crippen LogP contribution in [0.2, 0.25) is 0 Å². The first-order chi connectivity index (χ1) is 7.81. The first kappa shape index (κ1) is 11.4. The maximum Gasteiger partial charge on any atom is 0.127 e. The first-order valence-electron chi connectivity index (χ1n) is 5.82. The van der Waals surface area contributed by atoms with Gasteiger partial charge in [0.15, 0.2) is 0 Å². The molecule has 1 aromatic rings. The number of morpholine rings is 1. The minimum atomic E-state index is 0.508. The van der Waals surface area contributed by atoms with Crippen LogP contribution in [0.4, 0.5) is 5.82 Å². The van der Waals surface area contributed by atoms with E-state index < -0.39 is 0 Å². The van der Waals surface area contributed by atoms with Gasteiger partial charge in [-0.1, -0.05) is 13.0 Å². The summed E-state index contributed by atoms with van der Waals surface area (Å²) in [6.07, 6.45) is 2.84. The first-order valence-corrected chi connectivity index (χ1v) is 5.82. The Bertz CT molecular complexity index is 343. The van der Waals surface area contributed by atoms with Crippen molar-refractivity contribution < 1.29 is 4.74 Å². The van der Waals surface area contributed by atoms with E-state index in [0.29, 0.717) is 11.9 Å². The molecule has 4 heteroatoms. The van der Waals surface area contributed by atoms with Crippen molar-refractivity contribution in [3.05, 3.63) is 23.9 Å². The van der Waals surface area contributed by atoms with Gasteiger partial charge < -0.3 is 10.5 Å². The van der Waals surface area contributed by atoms with Gasteiger partial charge in [0.2, 0.25) is 0 Å². The summed E-state index contributed by atoms with van der Waals surface area (Å²) in [6.45, 7) is 5.70. The molecule has 0 bridgehead atoms. The fraction of sp³-hybridized carbons (Fsp3) is 0.583. The van der Waals surface area contributed by atoms with E-state index in [4.69, 9.17) is 10.5 Å². The summed E-state index contributed by atoms with van der Waals surface area (Å²) in [6, 6.07) is 4.49. The molecular formula is C12H19N3O. The van der Waals surface area contributed by atoms with Crippen LogP contribution in [-0.2, 0) is 11.3 Å². The van der Waals surface area contributed by atoms with E-state index in [1.165, 1.54) is 0 Å². The molecule has 0 radical (unpaired) electrons. The summed E-state index contributed by atoms with van der Waals surface area (Å²) in [5.41, 5.74) is 6.97.